The molecule has 0 atom stereocenters. The molecule has 0 bridgehead atoms. The first-order chi connectivity index (χ1) is 9.58. The number of carbonyl (C=O) groups excluding carboxylic acids is 1. The summed E-state index contributed by atoms with van der Waals surface area (Å²) < 4.78 is 0. The third kappa shape index (κ3) is 1.95. The van der Waals surface area contributed by atoms with Gasteiger partial charge < -0.3 is 10.6 Å². The molecule has 1 aromatic carbocycles. The van der Waals surface area contributed by atoms with E-state index >= 15 is 0 Å². The van der Waals surface area contributed by atoms with Crippen molar-refractivity contribution in [2.45, 2.75) is 32.9 Å². The highest BCUT2D eigenvalue weighted by Gasteiger charge is 2.28. The standard InChI is InChI=1S/C15H18N4O/c1-9(2)13-12(16)14(18-17-13)15(20)19-7-10-5-3-4-6-11(10)8-19/h3-6,9H,7-8,16H2,1-2H3,(H,17,18). The molecule has 0 spiro atoms. The van der Waals surface area contributed by atoms with Gasteiger partial charge in [0.25, 0.3) is 5.91 Å². The van der Waals surface area contributed by atoms with E-state index in [1.807, 2.05) is 26.0 Å². The Hall–Kier alpha value is -2.30. The molecular formula is C15H18N4O. The maximum Gasteiger partial charge on any atom is 0.277 e. The molecule has 1 aliphatic heterocycles. The van der Waals surface area contributed by atoms with Crippen LogP contribution in [0.15, 0.2) is 24.3 Å². The number of carbonyl (C=O) groups is 1. The molecule has 0 aliphatic carbocycles. The van der Waals surface area contributed by atoms with Crippen LogP contribution < -0.4 is 5.73 Å². The maximum absolute atomic E-state index is 12.5. The number of hydrogen-bond acceptors (Lipinski definition) is 3. The number of hydrogen-bond donors (Lipinski definition) is 2. The number of aromatic nitrogens is 2. The molecule has 3 N–H and O–H groups in total. The van der Waals surface area contributed by atoms with E-state index in [0.29, 0.717) is 24.5 Å². The molecule has 1 aliphatic rings. The number of fused-ring (bicyclic) bond motifs is 1. The Kier molecular flexibility index (Phi) is 2.97. The highest BCUT2D eigenvalue weighted by atomic mass is 16.2. The minimum Gasteiger partial charge on any atom is -0.395 e. The zero-order valence-corrected chi connectivity index (χ0v) is 11.7. The van der Waals surface area contributed by atoms with Gasteiger partial charge in [-0.1, -0.05) is 38.1 Å². The van der Waals surface area contributed by atoms with E-state index in [1.54, 1.807) is 4.90 Å². The highest BCUT2D eigenvalue weighted by Crippen LogP contribution is 2.27. The lowest BCUT2D eigenvalue weighted by atomic mass is 10.1. The van der Waals surface area contributed by atoms with Crippen LogP contribution in [-0.2, 0) is 13.1 Å². The van der Waals surface area contributed by atoms with Crippen LogP contribution in [0, 0.1) is 0 Å². The van der Waals surface area contributed by atoms with Crippen molar-refractivity contribution >= 4 is 11.6 Å². The zero-order chi connectivity index (χ0) is 14.3. The molecule has 0 radical (unpaired) electrons. The Morgan fingerprint density at radius 3 is 2.40 bits per heavy atom. The van der Waals surface area contributed by atoms with Gasteiger partial charge in [-0.25, -0.2) is 0 Å². The van der Waals surface area contributed by atoms with Gasteiger partial charge in [0.1, 0.15) is 0 Å². The van der Waals surface area contributed by atoms with Gasteiger partial charge in [0.15, 0.2) is 5.69 Å². The molecule has 0 fully saturated rings. The summed E-state index contributed by atoms with van der Waals surface area (Å²) in [6.45, 7) is 5.28. The fourth-order valence-corrected chi connectivity index (χ4v) is 2.59. The van der Waals surface area contributed by atoms with Gasteiger partial charge in [-0.05, 0) is 17.0 Å². The summed E-state index contributed by atoms with van der Waals surface area (Å²) in [7, 11) is 0. The van der Waals surface area contributed by atoms with Crippen molar-refractivity contribution in [3.8, 4) is 0 Å². The van der Waals surface area contributed by atoms with Gasteiger partial charge in [0.05, 0.1) is 11.4 Å². The van der Waals surface area contributed by atoms with Crippen LogP contribution in [0.25, 0.3) is 0 Å². The van der Waals surface area contributed by atoms with Crippen molar-refractivity contribution in [3.05, 3.63) is 46.8 Å². The predicted molar refractivity (Wildman–Crippen MR) is 77.1 cm³/mol. The van der Waals surface area contributed by atoms with Gasteiger partial charge in [-0.2, -0.15) is 5.10 Å². The molecular weight excluding hydrogens is 252 g/mol. The fraction of sp³-hybridized carbons (Fsp3) is 0.333. The number of rotatable bonds is 2. The molecule has 1 aromatic heterocycles. The van der Waals surface area contributed by atoms with E-state index in [1.165, 1.54) is 11.1 Å². The third-order valence-corrected chi connectivity index (χ3v) is 3.74. The molecule has 2 heterocycles. The van der Waals surface area contributed by atoms with E-state index in [0.717, 1.165) is 5.69 Å². The number of amides is 1. The Labute approximate surface area is 117 Å². The van der Waals surface area contributed by atoms with Crippen LogP contribution in [0.2, 0.25) is 0 Å². The highest BCUT2D eigenvalue weighted by molar-refractivity contribution is 5.98. The van der Waals surface area contributed by atoms with Crippen LogP contribution in [0.3, 0.4) is 0 Å². The molecule has 1 amide bonds. The number of nitrogens with one attached hydrogen (secondary N) is 1. The second-order valence-corrected chi connectivity index (χ2v) is 5.48. The average molecular weight is 270 g/mol. The van der Waals surface area contributed by atoms with Gasteiger partial charge >= 0.3 is 0 Å². The van der Waals surface area contributed by atoms with Gasteiger partial charge in [-0.15, -0.1) is 0 Å². The van der Waals surface area contributed by atoms with Crippen molar-refractivity contribution in [3.63, 3.8) is 0 Å². The van der Waals surface area contributed by atoms with E-state index < -0.39 is 0 Å². The summed E-state index contributed by atoms with van der Waals surface area (Å²) in [5, 5.41) is 6.98. The maximum atomic E-state index is 12.5. The first kappa shape index (κ1) is 12.7. The summed E-state index contributed by atoms with van der Waals surface area (Å²) in [4.78, 5) is 14.3. The second-order valence-electron chi connectivity index (χ2n) is 5.48. The van der Waals surface area contributed by atoms with Crippen LogP contribution in [0.1, 0.15) is 47.1 Å². The number of anilines is 1. The lowest BCUT2D eigenvalue weighted by molar-refractivity contribution is 0.0746. The Morgan fingerprint density at radius 2 is 1.90 bits per heavy atom. The van der Waals surface area contributed by atoms with E-state index in [2.05, 4.69) is 22.3 Å². The van der Waals surface area contributed by atoms with E-state index in [9.17, 15) is 4.79 Å². The average Bonchev–Trinajstić information content (AvgIpc) is 3.01. The minimum atomic E-state index is -0.109. The number of nitrogen functional groups attached to an aromatic ring is 1. The molecule has 104 valence electrons. The first-order valence-corrected chi connectivity index (χ1v) is 6.77. The van der Waals surface area contributed by atoms with Crippen molar-refractivity contribution < 1.29 is 4.79 Å². The SMILES string of the molecule is CC(C)c1[nH]nc(C(=O)N2Cc3ccccc3C2)c1N. The first-order valence-electron chi connectivity index (χ1n) is 6.77. The monoisotopic (exact) mass is 270 g/mol. The molecule has 2 aromatic rings. The summed E-state index contributed by atoms with van der Waals surface area (Å²) in [6, 6.07) is 8.09. The lowest BCUT2D eigenvalue weighted by Crippen LogP contribution is -2.26. The van der Waals surface area contributed by atoms with Crippen molar-refractivity contribution in [1.82, 2.24) is 15.1 Å². The molecule has 0 saturated carbocycles. The topological polar surface area (TPSA) is 75.0 Å². The summed E-state index contributed by atoms with van der Waals surface area (Å²) in [5.41, 5.74) is 10.1. The van der Waals surface area contributed by atoms with Crippen molar-refractivity contribution in [2.75, 3.05) is 5.73 Å². The number of nitrogens with two attached hydrogens (primary N) is 1. The minimum absolute atomic E-state index is 0.109. The van der Waals surface area contributed by atoms with Gasteiger partial charge in [0, 0.05) is 13.1 Å². The molecule has 20 heavy (non-hydrogen) atoms. The van der Waals surface area contributed by atoms with E-state index in [4.69, 9.17) is 5.73 Å². The quantitative estimate of drug-likeness (QED) is 0.879. The fourth-order valence-electron chi connectivity index (χ4n) is 2.59. The molecule has 0 unspecified atom stereocenters. The Bertz CT molecular complexity index is 635. The Morgan fingerprint density at radius 1 is 1.30 bits per heavy atom. The zero-order valence-electron chi connectivity index (χ0n) is 11.7. The van der Waals surface area contributed by atoms with Crippen LogP contribution in [-0.4, -0.2) is 21.0 Å². The van der Waals surface area contributed by atoms with Crippen molar-refractivity contribution in [2.24, 2.45) is 0 Å². The predicted octanol–water partition coefficient (Wildman–Crippen LogP) is 2.27. The smallest absolute Gasteiger partial charge is 0.277 e. The van der Waals surface area contributed by atoms with Crippen LogP contribution >= 0.6 is 0 Å². The molecule has 5 nitrogen and oxygen atoms in total. The summed E-state index contributed by atoms with van der Waals surface area (Å²) in [5.74, 6) is 0.113. The summed E-state index contributed by atoms with van der Waals surface area (Å²) >= 11 is 0. The number of H-pyrrole nitrogens is 1. The van der Waals surface area contributed by atoms with Crippen LogP contribution in [0.4, 0.5) is 5.69 Å². The Balaban J connectivity index is 1.85. The molecule has 0 saturated heterocycles. The number of nitrogens with zero attached hydrogens (tertiary/aromatic N) is 2. The lowest BCUT2D eigenvalue weighted by Gasteiger charge is -2.14. The number of benzene rings is 1. The third-order valence-electron chi connectivity index (χ3n) is 3.74. The summed E-state index contributed by atoms with van der Waals surface area (Å²) in [6.07, 6.45) is 0. The molecule has 3 rings (SSSR count). The van der Waals surface area contributed by atoms with Gasteiger partial charge in [0.2, 0.25) is 0 Å². The molecule has 5 heteroatoms. The number of aromatic amines is 1. The normalized spacial score (nSPS) is 13.8. The second kappa shape index (κ2) is 4.67. The van der Waals surface area contributed by atoms with Crippen molar-refractivity contribution in [1.29, 1.82) is 0 Å². The van der Waals surface area contributed by atoms with E-state index in [-0.39, 0.29) is 11.8 Å². The van der Waals surface area contributed by atoms with Gasteiger partial charge in [-0.3, -0.25) is 9.89 Å². The van der Waals surface area contributed by atoms with Crippen LogP contribution in [0.5, 0.6) is 0 Å². The largest absolute Gasteiger partial charge is 0.395 e.